The van der Waals surface area contributed by atoms with Crippen molar-refractivity contribution in [3.63, 3.8) is 0 Å². The van der Waals surface area contributed by atoms with Gasteiger partial charge in [-0.1, -0.05) is 36.3 Å². The van der Waals surface area contributed by atoms with Crippen molar-refractivity contribution >= 4 is 11.6 Å². The largest absolute Gasteiger partial charge is 0.390 e. The molecule has 4 nitrogen and oxygen atoms in total. The number of rotatable bonds is 4. The van der Waals surface area contributed by atoms with Crippen LogP contribution in [0.15, 0.2) is 29.4 Å². The average molecular weight is 260 g/mol. The first-order chi connectivity index (χ1) is 9.11. The highest BCUT2D eigenvalue weighted by Gasteiger charge is 2.25. The molecule has 0 aromatic heterocycles. The quantitative estimate of drug-likeness (QED) is 0.834. The minimum absolute atomic E-state index is 0.0323. The normalized spacial score (nSPS) is 17.8. The van der Waals surface area contributed by atoms with Crippen molar-refractivity contribution in [2.45, 2.75) is 32.8 Å². The molecule has 0 saturated carbocycles. The van der Waals surface area contributed by atoms with E-state index in [1.54, 1.807) is 11.9 Å². The Balaban J connectivity index is 1.96. The number of benzene rings is 1. The van der Waals surface area contributed by atoms with E-state index in [1.165, 1.54) is 5.56 Å². The van der Waals surface area contributed by atoms with Crippen molar-refractivity contribution in [2.75, 3.05) is 13.6 Å². The van der Waals surface area contributed by atoms with E-state index < -0.39 is 0 Å². The molecule has 4 heteroatoms. The number of oxime groups is 1. The van der Waals surface area contributed by atoms with E-state index in [1.807, 2.05) is 19.1 Å². The molecule has 0 spiro atoms. The van der Waals surface area contributed by atoms with Gasteiger partial charge in [0.25, 0.3) is 0 Å². The molecule has 1 amide bonds. The monoisotopic (exact) mass is 260 g/mol. The Bertz CT molecular complexity index is 497. The van der Waals surface area contributed by atoms with Crippen LogP contribution in [0, 0.1) is 6.92 Å². The van der Waals surface area contributed by atoms with Crippen LogP contribution in [0.4, 0.5) is 0 Å². The number of carbonyl (C=O) groups is 1. The molecule has 1 aliphatic rings. The minimum atomic E-state index is -0.0323. The first-order valence-corrected chi connectivity index (χ1v) is 6.64. The van der Waals surface area contributed by atoms with E-state index in [9.17, 15) is 4.79 Å². The first kappa shape index (κ1) is 13.6. The van der Waals surface area contributed by atoms with Crippen molar-refractivity contribution in [1.82, 2.24) is 4.90 Å². The van der Waals surface area contributed by atoms with E-state index in [0.717, 1.165) is 17.7 Å². The van der Waals surface area contributed by atoms with Gasteiger partial charge in [-0.3, -0.25) is 4.79 Å². The van der Waals surface area contributed by atoms with Gasteiger partial charge in [-0.05, 0) is 12.5 Å². The molecular formula is C15H20N2O2. The second-order valence-electron chi connectivity index (χ2n) is 4.91. The van der Waals surface area contributed by atoms with Gasteiger partial charge in [0, 0.05) is 25.5 Å². The third-order valence-corrected chi connectivity index (χ3v) is 3.39. The summed E-state index contributed by atoms with van der Waals surface area (Å²) < 4.78 is 0. The first-order valence-electron chi connectivity index (χ1n) is 6.64. The Labute approximate surface area is 114 Å². The lowest BCUT2D eigenvalue weighted by atomic mass is 10.0. The third-order valence-electron chi connectivity index (χ3n) is 3.39. The molecule has 1 aromatic rings. The SMILES string of the molecule is CCC(=O)N(C)C[C@H]1CC(c2ccccc2C)=NO1. The van der Waals surface area contributed by atoms with Crippen LogP contribution >= 0.6 is 0 Å². The maximum atomic E-state index is 11.5. The summed E-state index contributed by atoms with van der Waals surface area (Å²) in [7, 11) is 1.81. The zero-order valence-electron chi connectivity index (χ0n) is 11.7. The van der Waals surface area contributed by atoms with Crippen LogP contribution in [-0.2, 0) is 9.63 Å². The van der Waals surface area contributed by atoms with E-state index in [0.29, 0.717) is 13.0 Å². The third kappa shape index (κ3) is 3.13. The van der Waals surface area contributed by atoms with Gasteiger partial charge in [-0.15, -0.1) is 0 Å². The fourth-order valence-corrected chi connectivity index (χ4v) is 2.26. The highest BCUT2D eigenvalue weighted by atomic mass is 16.6. The molecule has 2 rings (SSSR count). The van der Waals surface area contributed by atoms with Gasteiger partial charge in [0.05, 0.1) is 12.3 Å². The highest BCUT2D eigenvalue weighted by molar-refractivity contribution is 6.02. The van der Waals surface area contributed by atoms with Crippen LogP contribution in [0.1, 0.15) is 30.9 Å². The fourth-order valence-electron chi connectivity index (χ4n) is 2.26. The number of hydrogen-bond acceptors (Lipinski definition) is 3. The van der Waals surface area contributed by atoms with Crippen LogP contribution in [0.25, 0.3) is 0 Å². The fraction of sp³-hybridized carbons (Fsp3) is 0.467. The molecular weight excluding hydrogens is 240 g/mol. The molecule has 0 radical (unpaired) electrons. The molecule has 1 aromatic carbocycles. The zero-order chi connectivity index (χ0) is 13.8. The average Bonchev–Trinajstić information content (AvgIpc) is 2.86. The Morgan fingerprint density at radius 2 is 2.21 bits per heavy atom. The van der Waals surface area contributed by atoms with Crippen LogP contribution in [-0.4, -0.2) is 36.2 Å². The summed E-state index contributed by atoms with van der Waals surface area (Å²) in [6.07, 6.45) is 1.25. The molecule has 1 heterocycles. The van der Waals surface area contributed by atoms with Crippen LogP contribution in [0.3, 0.4) is 0 Å². The van der Waals surface area contributed by atoms with Crippen molar-refractivity contribution in [3.8, 4) is 0 Å². The molecule has 0 N–H and O–H groups in total. The zero-order valence-corrected chi connectivity index (χ0v) is 11.7. The summed E-state index contributed by atoms with van der Waals surface area (Å²) in [6.45, 7) is 4.52. The summed E-state index contributed by atoms with van der Waals surface area (Å²) in [5.74, 6) is 0.132. The van der Waals surface area contributed by atoms with Crippen LogP contribution < -0.4 is 0 Å². The molecule has 1 atom stereocenters. The van der Waals surface area contributed by atoms with E-state index in [2.05, 4.69) is 24.2 Å². The van der Waals surface area contributed by atoms with E-state index in [-0.39, 0.29) is 12.0 Å². The molecule has 0 fully saturated rings. The highest BCUT2D eigenvalue weighted by Crippen LogP contribution is 2.19. The summed E-state index contributed by atoms with van der Waals surface area (Å²) in [4.78, 5) is 18.7. The Morgan fingerprint density at radius 3 is 2.89 bits per heavy atom. The van der Waals surface area contributed by atoms with Crippen molar-refractivity contribution in [2.24, 2.45) is 5.16 Å². The molecule has 102 valence electrons. The molecule has 19 heavy (non-hydrogen) atoms. The Kier molecular flexibility index (Phi) is 4.20. The Morgan fingerprint density at radius 1 is 1.47 bits per heavy atom. The van der Waals surface area contributed by atoms with Crippen molar-refractivity contribution < 1.29 is 9.63 Å². The number of aryl methyl sites for hydroxylation is 1. The molecule has 0 bridgehead atoms. The second kappa shape index (κ2) is 5.87. The number of amides is 1. The van der Waals surface area contributed by atoms with Gasteiger partial charge in [0.15, 0.2) is 6.10 Å². The van der Waals surface area contributed by atoms with Gasteiger partial charge in [0.1, 0.15) is 0 Å². The molecule has 1 aliphatic heterocycles. The number of nitrogens with zero attached hydrogens (tertiary/aromatic N) is 2. The Hall–Kier alpha value is -1.84. The standard InChI is InChI=1S/C15H20N2O2/c1-4-15(18)17(3)10-12-9-14(16-19-12)13-8-6-5-7-11(13)2/h5-8,12H,4,9-10H2,1-3H3/t12-/m1/s1. The maximum Gasteiger partial charge on any atom is 0.222 e. The van der Waals surface area contributed by atoms with Gasteiger partial charge in [-0.2, -0.15) is 0 Å². The summed E-state index contributed by atoms with van der Waals surface area (Å²) in [6, 6.07) is 8.14. The molecule has 0 saturated heterocycles. The lowest BCUT2D eigenvalue weighted by Crippen LogP contribution is -2.34. The van der Waals surface area contributed by atoms with Crippen molar-refractivity contribution in [3.05, 3.63) is 35.4 Å². The topological polar surface area (TPSA) is 41.9 Å². The number of hydrogen-bond donors (Lipinski definition) is 0. The summed E-state index contributed by atoms with van der Waals surface area (Å²) >= 11 is 0. The molecule has 0 aliphatic carbocycles. The van der Waals surface area contributed by atoms with E-state index >= 15 is 0 Å². The van der Waals surface area contributed by atoms with Crippen LogP contribution in [0.5, 0.6) is 0 Å². The second-order valence-corrected chi connectivity index (χ2v) is 4.91. The minimum Gasteiger partial charge on any atom is -0.390 e. The van der Waals surface area contributed by atoms with Gasteiger partial charge < -0.3 is 9.74 Å². The van der Waals surface area contributed by atoms with Gasteiger partial charge in [0.2, 0.25) is 5.91 Å². The van der Waals surface area contributed by atoms with Gasteiger partial charge >= 0.3 is 0 Å². The molecule has 0 unspecified atom stereocenters. The van der Waals surface area contributed by atoms with Gasteiger partial charge in [-0.25, -0.2) is 0 Å². The maximum absolute atomic E-state index is 11.5. The predicted octanol–water partition coefficient (Wildman–Crippen LogP) is 2.36. The smallest absolute Gasteiger partial charge is 0.222 e. The number of carbonyl (C=O) groups excluding carboxylic acids is 1. The predicted molar refractivity (Wildman–Crippen MR) is 75.1 cm³/mol. The van der Waals surface area contributed by atoms with Crippen molar-refractivity contribution in [1.29, 1.82) is 0 Å². The van der Waals surface area contributed by atoms with Crippen LogP contribution in [0.2, 0.25) is 0 Å². The summed E-state index contributed by atoms with van der Waals surface area (Å²) in [5.41, 5.74) is 3.30. The van der Waals surface area contributed by atoms with E-state index in [4.69, 9.17) is 4.84 Å². The lowest BCUT2D eigenvalue weighted by Gasteiger charge is -2.19. The summed E-state index contributed by atoms with van der Waals surface area (Å²) in [5, 5.41) is 4.17. The number of likely N-dealkylation sites (N-methyl/N-ethyl adjacent to an activating group) is 1. The lowest BCUT2D eigenvalue weighted by molar-refractivity contribution is -0.131.